The van der Waals surface area contributed by atoms with Crippen LogP contribution in [0.1, 0.15) is 53.1 Å². The number of anilines is 1. The third-order valence-corrected chi connectivity index (χ3v) is 6.01. The highest BCUT2D eigenvalue weighted by molar-refractivity contribution is 9.10. The average molecular weight is 476 g/mol. The van der Waals surface area contributed by atoms with Gasteiger partial charge in [0.2, 0.25) is 11.7 Å². The predicted molar refractivity (Wildman–Crippen MR) is 121 cm³/mol. The molecule has 7 heteroatoms. The number of carbonyl (C=O) groups excluding carboxylic acids is 1. The van der Waals surface area contributed by atoms with Gasteiger partial charge in [-0.2, -0.15) is 0 Å². The van der Waals surface area contributed by atoms with Gasteiger partial charge in [-0.3, -0.25) is 14.5 Å². The van der Waals surface area contributed by atoms with Gasteiger partial charge in [0.15, 0.2) is 5.43 Å². The van der Waals surface area contributed by atoms with Gasteiger partial charge in [0.05, 0.1) is 17.0 Å². The van der Waals surface area contributed by atoms with Crippen molar-refractivity contribution in [3.63, 3.8) is 0 Å². The summed E-state index contributed by atoms with van der Waals surface area (Å²) in [6.07, 6.45) is 3.14. The average Bonchev–Trinajstić information content (AvgIpc) is 3.07. The van der Waals surface area contributed by atoms with Crippen LogP contribution in [0.5, 0.6) is 0 Å². The summed E-state index contributed by atoms with van der Waals surface area (Å²) in [4.78, 5) is 37.0. The number of rotatable bonds is 3. The molecule has 1 unspecified atom stereocenters. The van der Waals surface area contributed by atoms with Crippen molar-refractivity contribution in [3.05, 3.63) is 98.1 Å². The van der Waals surface area contributed by atoms with Crippen molar-refractivity contribution in [1.82, 2.24) is 9.97 Å². The molecule has 31 heavy (non-hydrogen) atoms. The van der Waals surface area contributed by atoms with Crippen molar-refractivity contribution in [2.45, 2.75) is 25.8 Å². The number of hydrogen-bond acceptors (Lipinski definition) is 5. The summed E-state index contributed by atoms with van der Waals surface area (Å²) in [5.74, 6) is 0.194. The Kier molecular flexibility index (Phi) is 4.70. The van der Waals surface area contributed by atoms with Crippen molar-refractivity contribution in [1.29, 1.82) is 0 Å². The van der Waals surface area contributed by atoms with E-state index in [9.17, 15) is 9.59 Å². The Bertz CT molecular complexity index is 1360. The fraction of sp³-hybridized carbons (Fsp3) is 0.167. The van der Waals surface area contributed by atoms with E-state index in [1.165, 1.54) is 10.5 Å². The summed E-state index contributed by atoms with van der Waals surface area (Å²) in [5, 5.41) is 0.417. The lowest BCUT2D eigenvalue weighted by Gasteiger charge is -2.23. The third kappa shape index (κ3) is 3.16. The van der Waals surface area contributed by atoms with Crippen LogP contribution in [0.3, 0.4) is 0 Å². The molecule has 1 aliphatic rings. The molecular formula is C24H18BrN3O3. The molecule has 2 aromatic heterocycles. The van der Waals surface area contributed by atoms with Crippen LogP contribution < -0.4 is 10.3 Å². The first-order valence-electron chi connectivity index (χ1n) is 9.92. The summed E-state index contributed by atoms with van der Waals surface area (Å²) in [6, 6.07) is 14.1. The highest BCUT2D eigenvalue weighted by Gasteiger charge is 2.44. The molecule has 3 heterocycles. The van der Waals surface area contributed by atoms with Gasteiger partial charge in [-0.1, -0.05) is 54.0 Å². The van der Waals surface area contributed by atoms with E-state index in [1.807, 2.05) is 24.3 Å². The molecule has 0 bridgehead atoms. The first-order valence-corrected chi connectivity index (χ1v) is 10.7. The molecule has 0 saturated heterocycles. The van der Waals surface area contributed by atoms with Crippen LogP contribution in [-0.4, -0.2) is 15.9 Å². The maximum Gasteiger partial charge on any atom is 0.297 e. The summed E-state index contributed by atoms with van der Waals surface area (Å²) in [5.41, 5.74) is 2.41. The first-order chi connectivity index (χ1) is 15.0. The van der Waals surface area contributed by atoms with E-state index in [4.69, 9.17) is 4.42 Å². The van der Waals surface area contributed by atoms with E-state index in [2.05, 4.69) is 39.7 Å². The molecule has 0 N–H and O–H groups in total. The summed E-state index contributed by atoms with van der Waals surface area (Å²) in [6.45, 7) is 4.23. The van der Waals surface area contributed by atoms with Crippen LogP contribution in [0.15, 0.2) is 74.6 Å². The number of fused-ring (bicyclic) bond motifs is 2. The normalized spacial score (nSPS) is 15.7. The summed E-state index contributed by atoms with van der Waals surface area (Å²) < 4.78 is 6.71. The molecule has 0 saturated carbocycles. The molecule has 0 radical (unpaired) electrons. The van der Waals surface area contributed by atoms with Crippen molar-refractivity contribution in [2.75, 3.05) is 4.90 Å². The Morgan fingerprint density at radius 3 is 2.42 bits per heavy atom. The van der Waals surface area contributed by atoms with Crippen molar-refractivity contribution in [2.24, 2.45) is 0 Å². The zero-order chi connectivity index (χ0) is 21.7. The molecule has 6 nitrogen and oxygen atoms in total. The Morgan fingerprint density at radius 2 is 1.74 bits per heavy atom. The molecule has 0 aliphatic carbocycles. The molecule has 2 aromatic carbocycles. The molecule has 154 valence electrons. The second-order valence-electron chi connectivity index (χ2n) is 7.76. The second-order valence-corrected chi connectivity index (χ2v) is 8.68. The highest BCUT2D eigenvalue weighted by Crippen LogP contribution is 2.40. The van der Waals surface area contributed by atoms with E-state index >= 15 is 0 Å². The van der Waals surface area contributed by atoms with Crippen LogP contribution in [0, 0.1) is 0 Å². The maximum atomic E-state index is 13.6. The number of hydrogen-bond donors (Lipinski definition) is 0. The number of benzene rings is 2. The third-order valence-electron chi connectivity index (χ3n) is 5.52. The van der Waals surface area contributed by atoms with E-state index < -0.39 is 11.9 Å². The minimum atomic E-state index is -0.675. The van der Waals surface area contributed by atoms with Gasteiger partial charge in [-0.25, -0.2) is 9.97 Å². The van der Waals surface area contributed by atoms with E-state index in [-0.39, 0.29) is 17.1 Å². The topological polar surface area (TPSA) is 76.3 Å². The van der Waals surface area contributed by atoms with Gasteiger partial charge in [0.1, 0.15) is 5.58 Å². The fourth-order valence-corrected chi connectivity index (χ4v) is 4.31. The number of carbonyl (C=O) groups is 1. The van der Waals surface area contributed by atoms with Crippen LogP contribution in [0.25, 0.3) is 11.0 Å². The Balaban J connectivity index is 1.78. The summed E-state index contributed by atoms with van der Waals surface area (Å²) >= 11 is 3.41. The van der Waals surface area contributed by atoms with Crippen LogP contribution in [0.4, 0.5) is 5.95 Å². The van der Waals surface area contributed by atoms with Crippen LogP contribution >= 0.6 is 15.9 Å². The maximum absolute atomic E-state index is 13.6. The van der Waals surface area contributed by atoms with Crippen LogP contribution in [-0.2, 0) is 0 Å². The van der Waals surface area contributed by atoms with Gasteiger partial charge >= 0.3 is 0 Å². The zero-order valence-electron chi connectivity index (χ0n) is 16.9. The molecule has 0 spiro atoms. The van der Waals surface area contributed by atoms with Crippen molar-refractivity contribution >= 4 is 38.8 Å². The number of nitrogens with zero attached hydrogens (tertiary/aromatic N) is 3. The number of amides is 1. The Hall–Kier alpha value is -3.32. The van der Waals surface area contributed by atoms with E-state index in [1.54, 1.807) is 36.7 Å². The smallest absolute Gasteiger partial charge is 0.297 e. The molecule has 0 fully saturated rings. The van der Waals surface area contributed by atoms with E-state index in [0.29, 0.717) is 22.5 Å². The number of halogens is 1. The fourth-order valence-electron chi connectivity index (χ4n) is 3.95. The van der Waals surface area contributed by atoms with Crippen LogP contribution in [0.2, 0.25) is 0 Å². The molecule has 1 amide bonds. The Labute approximate surface area is 186 Å². The standard InChI is InChI=1S/C24H18BrN3O3/c1-13(2)14-4-6-15(7-5-14)20-19-21(29)17-12-16(25)8-9-18(17)31-22(19)23(30)28(20)24-26-10-3-11-27-24/h3-13,20H,1-2H3. The zero-order valence-corrected chi connectivity index (χ0v) is 18.5. The molecule has 1 atom stereocenters. The van der Waals surface area contributed by atoms with Crippen molar-refractivity contribution < 1.29 is 9.21 Å². The van der Waals surface area contributed by atoms with Gasteiger partial charge in [0.25, 0.3) is 5.91 Å². The molecule has 1 aliphatic heterocycles. The lowest BCUT2D eigenvalue weighted by atomic mass is 9.95. The largest absolute Gasteiger partial charge is 0.450 e. The van der Waals surface area contributed by atoms with Gasteiger partial charge in [0, 0.05) is 16.9 Å². The highest BCUT2D eigenvalue weighted by atomic mass is 79.9. The second kappa shape index (κ2) is 7.42. The lowest BCUT2D eigenvalue weighted by Crippen LogP contribution is -2.31. The minimum absolute atomic E-state index is 0.0326. The van der Waals surface area contributed by atoms with E-state index in [0.717, 1.165) is 10.0 Å². The predicted octanol–water partition coefficient (Wildman–Crippen LogP) is 5.22. The minimum Gasteiger partial charge on any atom is -0.450 e. The SMILES string of the molecule is CC(C)c1ccc(C2c3c(oc4ccc(Br)cc4c3=O)C(=O)N2c2ncccn2)cc1. The molecule has 4 aromatic rings. The van der Waals surface area contributed by atoms with Gasteiger partial charge < -0.3 is 4.42 Å². The Morgan fingerprint density at radius 1 is 1.03 bits per heavy atom. The quantitative estimate of drug-likeness (QED) is 0.405. The molecular weight excluding hydrogens is 458 g/mol. The summed E-state index contributed by atoms with van der Waals surface area (Å²) in [7, 11) is 0. The van der Waals surface area contributed by atoms with Gasteiger partial charge in [-0.05, 0) is 41.3 Å². The monoisotopic (exact) mass is 475 g/mol. The number of aromatic nitrogens is 2. The molecule has 5 rings (SSSR count). The lowest BCUT2D eigenvalue weighted by molar-refractivity contribution is 0.0969. The van der Waals surface area contributed by atoms with Crippen molar-refractivity contribution in [3.8, 4) is 0 Å². The first kappa shape index (κ1) is 19.6. The van der Waals surface area contributed by atoms with Gasteiger partial charge in [-0.15, -0.1) is 0 Å².